The van der Waals surface area contributed by atoms with Crippen LogP contribution in [0.25, 0.3) is 0 Å². The van der Waals surface area contributed by atoms with Crippen molar-refractivity contribution in [3.05, 3.63) is 34.6 Å². The van der Waals surface area contributed by atoms with Crippen LogP contribution in [0.3, 0.4) is 0 Å². The molecular formula is C15H20FNO2. The van der Waals surface area contributed by atoms with E-state index in [0.717, 1.165) is 25.7 Å². The number of carbonyl (C=O) groups excluding carboxylic acids is 1. The third-order valence-corrected chi connectivity index (χ3v) is 3.94. The highest BCUT2D eigenvalue weighted by atomic mass is 19.1. The van der Waals surface area contributed by atoms with Crippen LogP contribution in [0, 0.1) is 19.7 Å². The molecule has 1 aliphatic carbocycles. The zero-order valence-electron chi connectivity index (χ0n) is 11.4. The van der Waals surface area contributed by atoms with Crippen molar-refractivity contribution in [1.29, 1.82) is 0 Å². The van der Waals surface area contributed by atoms with Crippen molar-refractivity contribution in [2.75, 3.05) is 6.61 Å². The first kappa shape index (κ1) is 14.0. The van der Waals surface area contributed by atoms with Crippen LogP contribution in [0.15, 0.2) is 12.1 Å². The highest BCUT2D eigenvalue weighted by Crippen LogP contribution is 2.29. The minimum Gasteiger partial charge on any atom is -0.394 e. The van der Waals surface area contributed by atoms with Crippen molar-refractivity contribution < 1.29 is 14.3 Å². The molecule has 1 fully saturated rings. The van der Waals surface area contributed by atoms with Crippen LogP contribution in [0.2, 0.25) is 0 Å². The highest BCUT2D eigenvalue weighted by molar-refractivity contribution is 5.95. The van der Waals surface area contributed by atoms with E-state index in [1.165, 1.54) is 0 Å². The fourth-order valence-corrected chi connectivity index (χ4v) is 2.76. The van der Waals surface area contributed by atoms with Gasteiger partial charge in [-0.1, -0.05) is 12.8 Å². The quantitative estimate of drug-likeness (QED) is 0.882. The van der Waals surface area contributed by atoms with E-state index in [-0.39, 0.29) is 18.3 Å². The summed E-state index contributed by atoms with van der Waals surface area (Å²) in [6, 6.07) is 3.11. The number of amides is 1. The number of aliphatic hydroxyl groups is 1. The molecule has 19 heavy (non-hydrogen) atoms. The summed E-state index contributed by atoms with van der Waals surface area (Å²) in [7, 11) is 0. The molecule has 0 atom stereocenters. The molecule has 0 spiro atoms. The zero-order valence-corrected chi connectivity index (χ0v) is 11.4. The molecule has 1 saturated carbocycles. The van der Waals surface area contributed by atoms with Crippen molar-refractivity contribution in [1.82, 2.24) is 5.32 Å². The minimum atomic E-state index is -0.493. The number of benzene rings is 1. The van der Waals surface area contributed by atoms with E-state index in [4.69, 9.17) is 0 Å². The summed E-state index contributed by atoms with van der Waals surface area (Å²) in [5.74, 6) is -0.503. The first-order valence-electron chi connectivity index (χ1n) is 6.67. The van der Waals surface area contributed by atoms with E-state index in [1.807, 2.05) is 0 Å². The molecule has 0 unspecified atom stereocenters. The molecule has 2 rings (SSSR count). The van der Waals surface area contributed by atoms with Gasteiger partial charge in [-0.15, -0.1) is 0 Å². The Morgan fingerprint density at radius 3 is 2.32 bits per heavy atom. The number of rotatable bonds is 3. The van der Waals surface area contributed by atoms with Gasteiger partial charge in [-0.05, 0) is 49.9 Å². The standard InChI is InChI=1S/C15H20FNO2/c1-10-7-12(8-11(2)13(10)16)14(19)17-15(9-18)5-3-4-6-15/h7-8,18H,3-6,9H2,1-2H3,(H,17,19). The first-order valence-corrected chi connectivity index (χ1v) is 6.67. The molecule has 0 bridgehead atoms. The number of aryl methyl sites for hydroxylation is 2. The average molecular weight is 265 g/mol. The van der Waals surface area contributed by atoms with Crippen molar-refractivity contribution in [3.63, 3.8) is 0 Å². The number of hydrogen-bond donors (Lipinski definition) is 2. The molecule has 3 nitrogen and oxygen atoms in total. The Bertz CT molecular complexity index is 470. The maximum Gasteiger partial charge on any atom is 0.251 e. The summed E-state index contributed by atoms with van der Waals surface area (Å²) in [6.07, 6.45) is 3.63. The van der Waals surface area contributed by atoms with E-state index >= 15 is 0 Å². The predicted molar refractivity (Wildman–Crippen MR) is 71.6 cm³/mol. The van der Waals surface area contributed by atoms with Crippen LogP contribution in [0.1, 0.15) is 47.2 Å². The molecule has 0 aliphatic heterocycles. The fraction of sp³-hybridized carbons (Fsp3) is 0.533. The second-order valence-electron chi connectivity index (χ2n) is 5.52. The van der Waals surface area contributed by atoms with Crippen LogP contribution < -0.4 is 5.32 Å². The molecule has 0 heterocycles. The van der Waals surface area contributed by atoms with Gasteiger partial charge >= 0.3 is 0 Å². The Kier molecular flexibility index (Phi) is 3.90. The Morgan fingerprint density at radius 1 is 1.32 bits per heavy atom. The smallest absolute Gasteiger partial charge is 0.251 e. The molecule has 4 heteroatoms. The summed E-state index contributed by atoms with van der Waals surface area (Å²) in [5, 5.41) is 12.4. The van der Waals surface area contributed by atoms with Crippen LogP contribution in [-0.4, -0.2) is 23.2 Å². The molecule has 104 valence electrons. The monoisotopic (exact) mass is 265 g/mol. The van der Waals surface area contributed by atoms with E-state index in [2.05, 4.69) is 5.32 Å². The van der Waals surface area contributed by atoms with E-state index in [1.54, 1.807) is 26.0 Å². The fourth-order valence-electron chi connectivity index (χ4n) is 2.76. The largest absolute Gasteiger partial charge is 0.394 e. The van der Waals surface area contributed by atoms with Gasteiger partial charge in [0.2, 0.25) is 0 Å². The molecule has 0 aromatic heterocycles. The molecule has 1 aromatic rings. The molecule has 1 amide bonds. The third kappa shape index (κ3) is 2.78. The van der Waals surface area contributed by atoms with E-state index in [9.17, 15) is 14.3 Å². The number of aliphatic hydroxyl groups excluding tert-OH is 1. The third-order valence-electron chi connectivity index (χ3n) is 3.94. The Morgan fingerprint density at radius 2 is 1.84 bits per heavy atom. The van der Waals surface area contributed by atoms with Gasteiger partial charge in [0.25, 0.3) is 5.91 Å². The number of halogens is 1. The second kappa shape index (κ2) is 5.29. The van der Waals surface area contributed by atoms with Crippen LogP contribution in [0.4, 0.5) is 4.39 Å². The molecule has 1 aromatic carbocycles. The lowest BCUT2D eigenvalue weighted by molar-refractivity contribution is 0.0838. The normalized spacial score (nSPS) is 17.5. The van der Waals surface area contributed by atoms with Crippen molar-refractivity contribution >= 4 is 5.91 Å². The lowest BCUT2D eigenvalue weighted by atomic mass is 9.97. The number of nitrogens with one attached hydrogen (secondary N) is 1. The Balaban J connectivity index is 2.20. The topological polar surface area (TPSA) is 49.3 Å². The number of hydrogen-bond acceptors (Lipinski definition) is 2. The van der Waals surface area contributed by atoms with E-state index < -0.39 is 5.54 Å². The summed E-state index contributed by atoms with van der Waals surface area (Å²) in [5.41, 5.74) is 0.896. The zero-order chi connectivity index (χ0) is 14.0. The van der Waals surface area contributed by atoms with Gasteiger partial charge in [0.1, 0.15) is 5.82 Å². The van der Waals surface area contributed by atoms with Gasteiger partial charge in [0.05, 0.1) is 12.1 Å². The lowest BCUT2D eigenvalue weighted by Crippen LogP contribution is -2.49. The molecular weight excluding hydrogens is 245 g/mol. The minimum absolute atomic E-state index is 0.0438. The maximum absolute atomic E-state index is 13.5. The van der Waals surface area contributed by atoms with Gasteiger partial charge in [0.15, 0.2) is 0 Å². The number of carbonyl (C=O) groups is 1. The molecule has 0 radical (unpaired) electrons. The van der Waals surface area contributed by atoms with Gasteiger partial charge < -0.3 is 10.4 Å². The average Bonchev–Trinajstić information content (AvgIpc) is 2.84. The van der Waals surface area contributed by atoms with E-state index in [0.29, 0.717) is 16.7 Å². The van der Waals surface area contributed by atoms with Crippen LogP contribution >= 0.6 is 0 Å². The summed E-state index contributed by atoms with van der Waals surface area (Å²) >= 11 is 0. The van der Waals surface area contributed by atoms with Crippen LogP contribution in [0.5, 0.6) is 0 Å². The SMILES string of the molecule is Cc1cc(C(=O)NC2(CO)CCCC2)cc(C)c1F. The highest BCUT2D eigenvalue weighted by Gasteiger charge is 2.34. The maximum atomic E-state index is 13.5. The summed E-state index contributed by atoms with van der Waals surface area (Å²) < 4.78 is 13.5. The van der Waals surface area contributed by atoms with Crippen molar-refractivity contribution in [2.45, 2.75) is 45.1 Å². The first-order chi connectivity index (χ1) is 8.97. The van der Waals surface area contributed by atoms with Gasteiger partial charge in [-0.25, -0.2) is 4.39 Å². The predicted octanol–water partition coefficient (Wildman–Crippen LogP) is 2.48. The Hall–Kier alpha value is -1.42. The molecule has 1 aliphatic rings. The summed E-state index contributed by atoms with van der Waals surface area (Å²) in [4.78, 5) is 12.2. The Labute approximate surface area is 112 Å². The second-order valence-corrected chi connectivity index (χ2v) is 5.52. The lowest BCUT2D eigenvalue weighted by Gasteiger charge is -2.28. The molecule has 0 saturated heterocycles. The van der Waals surface area contributed by atoms with Gasteiger partial charge in [-0.3, -0.25) is 4.79 Å². The van der Waals surface area contributed by atoms with Crippen molar-refractivity contribution in [3.8, 4) is 0 Å². The van der Waals surface area contributed by atoms with Crippen molar-refractivity contribution in [2.24, 2.45) is 0 Å². The van der Waals surface area contributed by atoms with Gasteiger partial charge in [-0.2, -0.15) is 0 Å². The summed E-state index contributed by atoms with van der Waals surface area (Å²) in [6.45, 7) is 3.25. The molecule has 2 N–H and O–H groups in total. The van der Waals surface area contributed by atoms with Crippen LogP contribution in [-0.2, 0) is 0 Å². The van der Waals surface area contributed by atoms with Gasteiger partial charge in [0, 0.05) is 5.56 Å².